The highest BCUT2D eigenvalue weighted by molar-refractivity contribution is 7.89. The molecule has 5 nitrogen and oxygen atoms in total. The zero-order valence-corrected chi connectivity index (χ0v) is 12.9. The van der Waals surface area contributed by atoms with E-state index in [0.29, 0.717) is 24.7 Å². The molecule has 1 aromatic carbocycles. The first kappa shape index (κ1) is 15.0. The Kier molecular flexibility index (Phi) is 4.59. The van der Waals surface area contributed by atoms with E-state index in [1.165, 1.54) is 17.5 Å². The number of fused-ring (bicyclic) bond motifs is 1. The predicted molar refractivity (Wildman–Crippen MR) is 80.9 cm³/mol. The average molecular weight is 310 g/mol. The molecule has 1 unspecified atom stereocenters. The molecule has 1 heterocycles. The third kappa shape index (κ3) is 3.63. The molecule has 1 saturated heterocycles. The van der Waals surface area contributed by atoms with Crippen molar-refractivity contribution in [2.24, 2.45) is 0 Å². The molecule has 21 heavy (non-hydrogen) atoms. The molecule has 6 heteroatoms. The van der Waals surface area contributed by atoms with Crippen LogP contribution in [0.1, 0.15) is 24.0 Å². The van der Waals surface area contributed by atoms with E-state index in [2.05, 4.69) is 10.0 Å². The molecular weight excluding hydrogens is 288 g/mol. The highest BCUT2D eigenvalue weighted by Crippen LogP contribution is 2.23. The molecule has 1 aliphatic carbocycles. The third-order valence-corrected chi connectivity index (χ3v) is 5.57. The van der Waals surface area contributed by atoms with Gasteiger partial charge in [-0.1, -0.05) is 6.07 Å². The summed E-state index contributed by atoms with van der Waals surface area (Å²) in [5.74, 6) is 0. The van der Waals surface area contributed by atoms with Crippen LogP contribution in [-0.4, -0.2) is 40.8 Å². The number of morpholine rings is 1. The van der Waals surface area contributed by atoms with Crippen molar-refractivity contribution < 1.29 is 13.2 Å². The van der Waals surface area contributed by atoms with Crippen LogP contribution >= 0.6 is 0 Å². The maximum Gasteiger partial charge on any atom is 0.240 e. The highest BCUT2D eigenvalue weighted by Gasteiger charge is 2.20. The van der Waals surface area contributed by atoms with Crippen molar-refractivity contribution in [2.45, 2.75) is 36.6 Å². The molecule has 0 amide bonds. The normalized spacial score (nSPS) is 22.8. The van der Waals surface area contributed by atoms with Crippen LogP contribution in [0.15, 0.2) is 23.1 Å². The molecule has 1 aromatic rings. The molecule has 0 aromatic heterocycles. The summed E-state index contributed by atoms with van der Waals surface area (Å²) in [4.78, 5) is 0.375. The van der Waals surface area contributed by atoms with Gasteiger partial charge in [-0.25, -0.2) is 13.1 Å². The van der Waals surface area contributed by atoms with Crippen LogP contribution in [0.4, 0.5) is 0 Å². The molecule has 3 rings (SSSR count). The fourth-order valence-corrected chi connectivity index (χ4v) is 4.05. The minimum atomic E-state index is -3.44. The Hall–Kier alpha value is -0.950. The van der Waals surface area contributed by atoms with E-state index in [-0.39, 0.29) is 6.04 Å². The topological polar surface area (TPSA) is 67.4 Å². The monoisotopic (exact) mass is 310 g/mol. The van der Waals surface area contributed by atoms with Gasteiger partial charge in [0.15, 0.2) is 0 Å². The lowest BCUT2D eigenvalue weighted by molar-refractivity contribution is 0.0784. The van der Waals surface area contributed by atoms with Crippen LogP contribution in [0.2, 0.25) is 0 Å². The number of sulfonamides is 1. The van der Waals surface area contributed by atoms with Crippen molar-refractivity contribution in [1.29, 1.82) is 0 Å². The fourth-order valence-electron chi connectivity index (χ4n) is 2.92. The van der Waals surface area contributed by atoms with Crippen molar-refractivity contribution in [2.75, 3.05) is 26.3 Å². The van der Waals surface area contributed by atoms with Gasteiger partial charge in [-0.3, -0.25) is 0 Å². The SMILES string of the molecule is O=S(=O)(NCC1COCCN1)c1ccc2c(c1)CCCC2. The molecule has 1 fully saturated rings. The smallest absolute Gasteiger partial charge is 0.240 e. The third-order valence-electron chi connectivity index (χ3n) is 4.15. The van der Waals surface area contributed by atoms with Crippen LogP contribution in [-0.2, 0) is 27.6 Å². The van der Waals surface area contributed by atoms with E-state index in [4.69, 9.17) is 4.74 Å². The zero-order valence-electron chi connectivity index (χ0n) is 12.1. The average Bonchev–Trinajstić information content (AvgIpc) is 2.53. The summed E-state index contributed by atoms with van der Waals surface area (Å²) in [5.41, 5.74) is 2.48. The van der Waals surface area contributed by atoms with Gasteiger partial charge in [0.1, 0.15) is 0 Å². The van der Waals surface area contributed by atoms with Gasteiger partial charge in [-0.15, -0.1) is 0 Å². The van der Waals surface area contributed by atoms with Gasteiger partial charge in [0.2, 0.25) is 10.0 Å². The lowest BCUT2D eigenvalue weighted by Gasteiger charge is -2.24. The number of aryl methyl sites for hydroxylation is 2. The molecule has 0 spiro atoms. The summed E-state index contributed by atoms with van der Waals surface area (Å²) in [6.07, 6.45) is 4.39. The summed E-state index contributed by atoms with van der Waals surface area (Å²) in [5, 5.41) is 3.24. The minimum Gasteiger partial charge on any atom is -0.378 e. The van der Waals surface area contributed by atoms with E-state index in [1.807, 2.05) is 12.1 Å². The van der Waals surface area contributed by atoms with Gasteiger partial charge in [0.25, 0.3) is 0 Å². The lowest BCUT2D eigenvalue weighted by atomic mass is 9.92. The molecule has 2 aliphatic rings. The van der Waals surface area contributed by atoms with E-state index >= 15 is 0 Å². The van der Waals surface area contributed by atoms with Gasteiger partial charge >= 0.3 is 0 Å². The number of rotatable bonds is 4. The largest absolute Gasteiger partial charge is 0.378 e. The van der Waals surface area contributed by atoms with Gasteiger partial charge in [-0.2, -0.15) is 0 Å². The molecule has 2 N–H and O–H groups in total. The molecule has 0 radical (unpaired) electrons. The molecular formula is C15H22N2O3S. The van der Waals surface area contributed by atoms with Gasteiger partial charge in [0.05, 0.1) is 18.1 Å². The lowest BCUT2D eigenvalue weighted by Crippen LogP contribution is -2.48. The van der Waals surface area contributed by atoms with Crippen LogP contribution in [0.25, 0.3) is 0 Å². The second kappa shape index (κ2) is 6.44. The van der Waals surface area contributed by atoms with Gasteiger partial charge in [0, 0.05) is 19.1 Å². The van der Waals surface area contributed by atoms with Gasteiger partial charge < -0.3 is 10.1 Å². The number of benzene rings is 1. The Balaban J connectivity index is 1.69. The first-order valence-electron chi connectivity index (χ1n) is 7.58. The molecule has 116 valence electrons. The van der Waals surface area contributed by atoms with E-state index in [0.717, 1.165) is 25.8 Å². The van der Waals surface area contributed by atoms with Crippen molar-refractivity contribution in [1.82, 2.24) is 10.0 Å². The number of ether oxygens (including phenoxy) is 1. The molecule has 0 bridgehead atoms. The first-order chi connectivity index (χ1) is 10.1. The summed E-state index contributed by atoms with van der Waals surface area (Å²) in [6, 6.07) is 5.57. The number of hydrogen-bond acceptors (Lipinski definition) is 4. The molecule has 1 aliphatic heterocycles. The fraction of sp³-hybridized carbons (Fsp3) is 0.600. The van der Waals surface area contributed by atoms with E-state index < -0.39 is 10.0 Å². The summed E-state index contributed by atoms with van der Waals surface area (Å²) < 4.78 is 32.8. The Morgan fingerprint density at radius 1 is 1.24 bits per heavy atom. The van der Waals surface area contributed by atoms with Crippen LogP contribution in [0.5, 0.6) is 0 Å². The second-order valence-electron chi connectivity index (χ2n) is 5.72. The van der Waals surface area contributed by atoms with Crippen molar-refractivity contribution in [3.8, 4) is 0 Å². The summed E-state index contributed by atoms with van der Waals surface area (Å²) in [7, 11) is -3.44. The Bertz CT molecular complexity index is 595. The minimum absolute atomic E-state index is 0.0474. The van der Waals surface area contributed by atoms with Crippen LogP contribution in [0.3, 0.4) is 0 Å². The van der Waals surface area contributed by atoms with Crippen molar-refractivity contribution in [3.05, 3.63) is 29.3 Å². The quantitative estimate of drug-likeness (QED) is 0.864. The van der Waals surface area contributed by atoms with Crippen molar-refractivity contribution >= 4 is 10.0 Å². The number of hydrogen-bond donors (Lipinski definition) is 2. The maximum atomic E-state index is 12.4. The van der Waals surface area contributed by atoms with E-state index in [9.17, 15) is 8.42 Å². The second-order valence-corrected chi connectivity index (χ2v) is 7.48. The first-order valence-corrected chi connectivity index (χ1v) is 9.06. The Morgan fingerprint density at radius 2 is 2.05 bits per heavy atom. The Labute approximate surface area is 126 Å². The van der Waals surface area contributed by atoms with E-state index in [1.54, 1.807) is 6.07 Å². The summed E-state index contributed by atoms with van der Waals surface area (Å²) >= 11 is 0. The predicted octanol–water partition coefficient (Wildman–Crippen LogP) is 0.832. The maximum absolute atomic E-state index is 12.4. The number of nitrogens with one attached hydrogen (secondary N) is 2. The molecule has 0 saturated carbocycles. The Morgan fingerprint density at radius 3 is 2.81 bits per heavy atom. The molecule has 1 atom stereocenters. The zero-order chi connectivity index (χ0) is 14.7. The van der Waals surface area contributed by atoms with Crippen LogP contribution in [0, 0.1) is 0 Å². The van der Waals surface area contributed by atoms with Crippen molar-refractivity contribution in [3.63, 3.8) is 0 Å². The highest BCUT2D eigenvalue weighted by atomic mass is 32.2. The van der Waals surface area contributed by atoms with Crippen LogP contribution < -0.4 is 10.0 Å². The summed E-state index contributed by atoms with van der Waals surface area (Å²) in [6.45, 7) is 2.37. The standard InChI is InChI=1S/C15H22N2O3S/c18-21(19,17-10-14-11-20-8-7-16-14)15-6-5-12-3-1-2-4-13(12)9-15/h5-6,9,14,16-17H,1-4,7-8,10-11H2. The van der Waals surface area contributed by atoms with Gasteiger partial charge in [-0.05, 0) is 48.9 Å².